The molecular formula is C20H27N3O2. The van der Waals surface area contributed by atoms with Gasteiger partial charge in [0.25, 0.3) is 0 Å². The first kappa shape index (κ1) is 17.7. The molecule has 1 N–H and O–H groups in total. The zero-order valence-electron chi connectivity index (χ0n) is 15.1. The predicted octanol–water partition coefficient (Wildman–Crippen LogP) is 2.82. The molecule has 0 bridgehead atoms. The number of H-pyrrole nitrogens is 1. The molecule has 0 spiro atoms. The van der Waals surface area contributed by atoms with Crippen molar-refractivity contribution in [2.24, 2.45) is 0 Å². The fourth-order valence-corrected chi connectivity index (χ4v) is 3.26. The van der Waals surface area contributed by atoms with E-state index < -0.39 is 0 Å². The molecule has 25 heavy (non-hydrogen) atoms. The number of aromatic amines is 1. The third kappa shape index (κ3) is 4.69. The van der Waals surface area contributed by atoms with Crippen molar-refractivity contribution in [1.82, 2.24) is 15.1 Å². The maximum atomic E-state index is 12.5. The highest BCUT2D eigenvalue weighted by Crippen LogP contribution is 2.15. The number of aromatic nitrogens is 2. The van der Waals surface area contributed by atoms with Crippen LogP contribution in [0.25, 0.3) is 0 Å². The number of benzene rings is 1. The molecule has 5 nitrogen and oxygen atoms in total. The van der Waals surface area contributed by atoms with Crippen molar-refractivity contribution in [3.05, 3.63) is 52.8 Å². The lowest BCUT2D eigenvalue weighted by molar-refractivity contribution is -0.138. The molecule has 3 rings (SSSR count). The average molecular weight is 341 g/mol. The van der Waals surface area contributed by atoms with Gasteiger partial charge in [0.2, 0.25) is 5.91 Å². The molecule has 0 saturated carbocycles. The minimum Gasteiger partial charge on any atom is -0.375 e. The minimum absolute atomic E-state index is 0.132. The van der Waals surface area contributed by atoms with Crippen molar-refractivity contribution >= 4 is 5.91 Å². The van der Waals surface area contributed by atoms with E-state index in [1.165, 1.54) is 5.56 Å². The largest absolute Gasteiger partial charge is 0.375 e. The summed E-state index contributed by atoms with van der Waals surface area (Å²) >= 11 is 0. The Morgan fingerprint density at radius 2 is 2.08 bits per heavy atom. The summed E-state index contributed by atoms with van der Waals surface area (Å²) in [6.45, 7) is 6.08. The molecule has 1 aromatic carbocycles. The Hall–Kier alpha value is -2.14. The van der Waals surface area contributed by atoms with Crippen LogP contribution in [0.15, 0.2) is 30.3 Å². The highest BCUT2D eigenvalue weighted by molar-refractivity contribution is 5.76. The topological polar surface area (TPSA) is 58.2 Å². The lowest BCUT2D eigenvalue weighted by Crippen LogP contribution is -2.45. The van der Waals surface area contributed by atoms with Crippen molar-refractivity contribution in [2.45, 2.75) is 45.6 Å². The van der Waals surface area contributed by atoms with Crippen LogP contribution in [0.5, 0.6) is 0 Å². The predicted molar refractivity (Wildman–Crippen MR) is 97.5 cm³/mol. The summed E-state index contributed by atoms with van der Waals surface area (Å²) in [5, 5.41) is 7.27. The summed E-state index contributed by atoms with van der Waals surface area (Å²) in [4.78, 5) is 14.5. The molecule has 2 heterocycles. The van der Waals surface area contributed by atoms with Gasteiger partial charge in [-0.1, -0.05) is 30.3 Å². The van der Waals surface area contributed by atoms with E-state index >= 15 is 0 Å². The Balaban J connectivity index is 1.47. The third-order valence-electron chi connectivity index (χ3n) is 5.02. The second-order valence-corrected chi connectivity index (χ2v) is 6.78. The summed E-state index contributed by atoms with van der Waals surface area (Å²) in [5.74, 6) is 0.202. The van der Waals surface area contributed by atoms with Crippen molar-refractivity contribution in [3.8, 4) is 0 Å². The summed E-state index contributed by atoms with van der Waals surface area (Å²) in [5.41, 5.74) is 4.56. The molecule has 1 atom stereocenters. The molecule has 134 valence electrons. The third-order valence-corrected chi connectivity index (χ3v) is 5.02. The van der Waals surface area contributed by atoms with Crippen molar-refractivity contribution in [3.63, 3.8) is 0 Å². The van der Waals surface area contributed by atoms with Crippen molar-refractivity contribution < 1.29 is 9.53 Å². The molecule has 5 heteroatoms. The van der Waals surface area contributed by atoms with Crippen LogP contribution < -0.4 is 0 Å². The number of aryl methyl sites for hydroxylation is 3. The van der Waals surface area contributed by atoms with Gasteiger partial charge in [-0.2, -0.15) is 5.10 Å². The van der Waals surface area contributed by atoms with E-state index in [4.69, 9.17) is 4.74 Å². The number of carbonyl (C=O) groups excluding carboxylic acids is 1. The van der Waals surface area contributed by atoms with E-state index in [9.17, 15) is 4.79 Å². The van der Waals surface area contributed by atoms with E-state index in [1.54, 1.807) is 0 Å². The first-order chi connectivity index (χ1) is 12.1. The van der Waals surface area contributed by atoms with Crippen molar-refractivity contribution in [1.29, 1.82) is 0 Å². The summed E-state index contributed by atoms with van der Waals surface area (Å²) in [6.07, 6.45) is 3.27. The Bertz CT molecular complexity index is 696. The van der Waals surface area contributed by atoms with Gasteiger partial charge in [0.1, 0.15) is 0 Å². The maximum Gasteiger partial charge on any atom is 0.223 e. The molecule has 2 aromatic rings. The monoisotopic (exact) mass is 341 g/mol. The Labute approximate surface area is 149 Å². The zero-order chi connectivity index (χ0) is 17.6. The van der Waals surface area contributed by atoms with Gasteiger partial charge in [0, 0.05) is 31.6 Å². The second-order valence-electron chi connectivity index (χ2n) is 6.78. The lowest BCUT2D eigenvalue weighted by Gasteiger charge is -2.33. The van der Waals surface area contributed by atoms with Crippen molar-refractivity contribution in [2.75, 3.05) is 19.7 Å². The number of nitrogens with zero attached hydrogens (tertiary/aromatic N) is 2. The van der Waals surface area contributed by atoms with Crippen LogP contribution >= 0.6 is 0 Å². The average Bonchev–Trinajstić information content (AvgIpc) is 2.97. The summed E-state index contributed by atoms with van der Waals surface area (Å²) < 4.78 is 5.85. The quantitative estimate of drug-likeness (QED) is 0.879. The maximum absolute atomic E-state index is 12.5. The van der Waals surface area contributed by atoms with Gasteiger partial charge in [-0.3, -0.25) is 9.89 Å². The number of hydrogen-bond donors (Lipinski definition) is 1. The van der Waals surface area contributed by atoms with E-state index in [0.717, 1.165) is 29.8 Å². The number of amides is 1. The van der Waals surface area contributed by atoms with Gasteiger partial charge in [-0.25, -0.2) is 0 Å². The number of ether oxygens (including phenoxy) is 1. The molecule has 0 aliphatic carbocycles. The van der Waals surface area contributed by atoms with Gasteiger partial charge in [-0.05, 0) is 37.8 Å². The SMILES string of the molecule is Cc1[nH]nc(CCC(=O)N2CCO[C@H](CCc3ccccc3)C2)c1C. The fourth-order valence-electron chi connectivity index (χ4n) is 3.26. The second kappa shape index (κ2) is 8.30. The standard InChI is InChI=1S/C20H27N3O2/c1-15-16(2)21-22-19(15)10-11-20(24)23-12-13-25-18(14-23)9-8-17-6-4-3-5-7-17/h3-7,18H,8-14H2,1-2H3,(H,21,22)/t18-/m1/s1. The normalized spacial score (nSPS) is 17.7. The first-order valence-corrected chi connectivity index (χ1v) is 9.07. The number of rotatable bonds is 6. The summed E-state index contributed by atoms with van der Waals surface area (Å²) in [6, 6.07) is 10.4. The molecule has 1 aliphatic rings. The minimum atomic E-state index is 0.132. The first-order valence-electron chi connectivity index (χ1n) is 9.07. The summed E-state index contributed by atoms with van der Waals surface area (Å²) in [7, 11) is 0. The molecule has 0 radical (unpaired) electrons. The Morgan fingerprint density at radius 1 is 1.28 bits per heavy atom. The van der Waals surface area contributed by atoms with Crippen LogP contribution in [-0.2, 0) is 22.4 Å². The molecule has 0 unspecified atom stereocenters. The van der Waals surface area contributed by atoms with E-state index in [0.29, 0.717) is 32.5 Å². The number of nitrogens with one attached hydrogen (secondary N) is 1. The van der Waals surface area contributed by atoms with Gasteiger partial charge < -0.3 is 9.64 Å². The number of hydrogen-bond acceptors (Lipinski definition) is 3. The van der Waals surface area contributed by atoms with Crippen LogP contribution in [-0.4, -0.2) is 46.8 Å². The van der Waals surface area contributed by atoms with Crippen LogP contribution in [0.3, 0.4) is 0 Å². The Morgan fingerprint density at radius 3 is 2.80 bits per heavy atom. The van der Waals surface area contributed by atoms with Crippen LogP contribution in [0.4, 0.5) is 0 Å². The molecule has 1 fully saturated rings. The lowest BCUT2D eigenvalue weighted by atomic mass is 10.1. The highest BCUT2D eigenvalue weighted by Gasteiger charge is 2.24. The highest BCUT2D eigenvalue weighted by atomic mass is 16.5. The van der Waals surface area contributed by atoms with Crippen LogP contribution in [0.2, 0.25) is 0 Å². The van der Waals surface area contributed by atoms with Crippen LogP contribution in [0.1, 0.15) is 35.4 Å². The fraction of sp³-hybridized carbons (Fsp3) is 0.500. The molecule has 1 aliphatic heterocycles. The molecular weight excluding hydrogens is 314 g/mol. The zero-order valence-corrected chi connectivity index (χ0v) is 15.1. The molecule has 1 aromatic heterocycles. The number of morpholine rings is 1. The number of carbonyl (C=O) groups is 1. The Kier molecular flexibility index (Phi) is 5.87. The van der Waals surface area contributed by atoms with Crippen LogP contribution in [0, 0.1) is 13.8 Å². The van der Waals surface area contributed by atoms with E-state index in [2.05, 4.69) is 34.5 Å². The molecule has 1 saturated heterocycles. The van der Waals surface area contributed by atoms with E-state index in [1.807, 2.05) is 24.8 Å². The van der Waals surface area contributed by atoms with Gasteiger partial charge in [0.15, 0.2) is 0 Å². The van der Waals surface area contributed by atoms with Gasteiger partial charge in [-0.15, -0.1) is 0 Å². The smallest absolute Gasteiger partial charge is 0.223 e. The molecule has 1 amide bonds. The van der Waals surface area contributed by atoms with E-state index in [-0.39, 0.29) is 12.0 Å². The van der Waals surface area contributed by atoms with Gasteiger partial charge in [0.05, 0.1) is 18.4 Å². The van der Waals surface area contributed by atoms with Gasteiger partial charge >= 0.3 is 0 Å².